The van der Waals surface area contributed by atoms with E-state index in [9.17, 15) is 5.11 Å². The molecule has 3 rings (SSSR count). The minimum absolute atomic E-state index is 0.279. The van der Waals surface area contributed by atoms with Gasteiger partial charge in [-0.05, 0) is 51.3 Å². The van der Waals surface area contributed by atoms with Gasteiger partial charge in [0.2, 0.25) is 0 Å². The second kappa shape index (κ2) is 4.29. The van der Waals surface area contributed by atoms with Gasteiger partial charge in [-0.2, -0.15) is 0 Å². The van der Waals surface area contributed by atoms with E-state index in [1.54, 1.807) is 0 Å². The standard InChI is InChI=1S/C16H19NO/c1-11-6-8-13(9-7-11)17-12(2)10-14-15(17)4-3-5-16(14)18/h6-10,16,18H,3-5H2,1-2H3. The molecule has 1 N–H and O–H groups in total. The highest BCUT2D eigenvalue weighted by Crippen LogP contribution is 2.33. The zero-order valence-electron chi connectivity index (χ0n) is 11.0. The Kier molecular flexibility index (Phi) is 2.75. The Balaban J connectivity index is 2.15. The normalized spacial score (nSPS) is 18.7. The molecule has 0 radical (unpaired) electrons. The summed E-state index contributed by atoms with van der Waals surface area (Å²) >= 11 is 0. The van der Waals surface area contributed by atoms with E-state index in [4.69, 9.17) is 0 Å². The Bertz CT molecular complexity index is 566. The summed E-state index contributed by atoms with van der Waals surface area (Å²) in [5.41, 5.74) is 6.10. The molecule has 1 aromatic heterocycles. The molecule has 1 aliphatic rings. The third-order valence-electron chi connectivity index (χ3n) is 3.86. The maximum Gasteiger partial charge on any atom is 0.0807 e. The number of aryl methyl sites for hydroxylation is 2. The van der Waals surface area contributed by atoms with Crippen LogP contribution in [0.4, 0.5) is 0 Å². The highest BCUT2D eigenvalue weighted by Gasteiger charge is 2.23. The van der Waals surface area contributed by atoms with Crippen LogP contribution < -0.4 is 0 Å². The molecule has 1 unspecified atom stereocenters. The second-order valence-electron chi connectivity index (χ2n) is 5.27. The van der Waals surface area contributed by atoms with Crippen LogP contribution in [-0.2, 0) is 6.42 Å². The number of aromatic nitrogens is 1. The first kappa shape index (κ1) is 11.5. The third-order valence-corrected chi connectivity index (χ3v) is 3.86. The minimum atomic E-state index is -0.279. The molecule has 2 aromatic rings. The lowest BCUT2D eigenvalue weighted by molar-refractivity contribution is 0.156. The van der Waals surface area contributed by atoms with Crippen molar-refractivity contribution in [3.63, 3.8) is 0 Å². The molecular weight excluding hydrogens is 222 g/mol. The van der Waals surface area contributed by atoms with Crippen LogP contribution in [0.25, 0.3) is 5.69 Å². The summed E-state index contributed by atoms with van der Waals surface area (Å²) in [5, 5.41) is 10.1. The van der Waals surface area contributed by atoms with Gasteiger partial charge in [0.1, 0.15) is 0 Å². The molecule has 0 aliphatic heterocycles. The summed E-state index contributed by atoms with van der Waals surface area (Å²) in [5.74, 6) is 0. The molecule has 0 amide bonds. The number of hydrogen-bond acceptors (Lipinski definition) is 1. The van der Waals surface area contributed by atoms with Crippen molar-refractivity contribution in [3.05, 3.63) is 52.8 Å². The van der Waals surface area contributed by atoms with Gasteiger partial charge in [0.25, 0.3) is 0 Å². The van der Waals surface area contributed by atoms with Crippen molar-refractivity contribution < 1.29 is 5.11 Å². The lowest BCUT2D eigenvalue weighted by atomic mass is 9.95. The number of nitrogens with zero attached hydrogens (tertiary/aromatic N) is 1. The maximum atomic E-state index is 10.1. The summed E-state index contributed by atoms with van der Waals surface area (Å²) < 4.78 is 2.29. The van der Waals surface area contributed by atoms with Crippen molar-refractivity contribution in [2.75, 3.05) is 0 Å². The summed E-state index contributed by atoms with van der Waals surface area (Å²) in [7, 11) is 0. The molecule has 1 atom stereocenters. The molecule has 0 saturated heterocycles. The van der Waals surface area contributed by atoms with Gasteiger partial charge < -0.3 is 9.67 Å². The fourth-order valence-electron chi connectivity index (χ4n) is 2.93. The largest absolute Gasteiger partial charge is 0.388 e. The van der Waals surface area contributed by atoms with E-state index in [2.05, 4.69) is 48.7 Å². The zero-order chi connectivity index (χ0) is 12.7. The van der Waals surface area contributed by atoms with Gasteiger partial charge >= 0.3 is 0 Å². The Morgan fingerprint density at radius 1 is 1.17 bits per heavy atom. The minimum Gasteiger partial charge on any atom is -0.388 e. The van der Waals surface area contributed by atoms with Crippen LogP contribution in [-0.4, -0.2) is 9.67 Å². The van der Waals surface area contributed by atoms with E-state index >= 15 is 0 Å². The van der Waals surface area contributed by atoms with E-state index in [0.717, 1.165) is 24.8 Å². The molecule has 18 heavy (non-hydrogen) atoms. The lowest BCUT2D eigenvalue weighted by Crippen LogP contribution is -2.11. The predicted molar refractivity (Wildman–Crippen MR) is 73.1 cm³/mol. The van der Waals surface area contributed by atoms with Crippen molar-refractivity contribution in [3.8, 4) is 5.69 Å². The first-order valence-electron chi connectivity index (χ1n) is 6.63. The van der Waals surface area contributed by atoms with Crippen LogP contribution in [0.5, 0.6) is 0 Å². The number of fused-ring (bicyclic) bond motifs is 1. The first-order valence-corrected chi connectivity index (χ1v) is 6.63. The topological polar surface area (TPSA) is 25.2 Å². The molecule has 0 fully saturated rings. The molecule has 2 nitrogen and oxygen atoms in total. The quantitative estimate of drug-likeness (QED) is 0.812. The van der Waals surface area contributed by atoms with Crippen LogP contribution in [0, 0.1) is 13.8 Å². The highest BCUT2D eigenvalue weighted by atomic mass is 16.3. The molecule has 2 heteroatoms. The highest BCUT2D eigenvalue weighted by molar-refractivity contribution is 5.44. The summed E-state index contributed by atoms with van der Waals surface area (Å²) in [6, 6.07) is 10.7. The van der Waals surface area contributed by atoms with Crippen LogP contribution in [0.1, 0.15) is 41.5 Å². The Labute approximate surface area is 108 Å². The lowest BCUT2D eigenvalue weighted by Gasteiger charge is -2.20. The molecule has 1 heterocycles. The molecule has 1 aliphatic carbocycles. The van der Waals surface area contributed by atoms with Crippen LogP contribution >= 0.6 is 0 Å². The first-order chi connectivity index (χ1) is 8.66. The average Bonchev–Trinajstić information content (AvgIpc) is 2.69. The number of aliphatic hydroxyl groups excluding tert-OH is 1. The van der Waals surface area contributed by atoms with Gasteiger partial charge in [-0.15, -0.1) is 0 Å². The Morgan fingerprint density at radius 2 is 1.89 bits per heavy atom. The van der Waals surface area contributed by atoms with Crippen molar-refractivity contribution in [2.24, 2.45) is 0 Å². The Morgan fingerprint density at radius 3 is 2.61 bits per heavy atom. The number of hydrogen-bond donors (Lipinski definition) is 1. The summed E-state index contributed by atoms with van der Waals surface area (Å²) in [6.45, 7) is 4.22. The monoisotopic (exact) mass is 241 g/mol. The third kappa shape index (κ3) is 1.77. The molecule has 0 bridgehead atoms. The molecular formula is C16H19NO. The summed E-state index contributed by atoms with van der Waals surface area (Å²) in [6.07, 6.45) is 2.75. The predicted octanol–water partition coefficient (Wildman–Crippen LogP) is 3.46. The van der Waals surface area contributed by atoms with Crippen molar-refractivity contribution >= 4 is 0 Å². The van der Waals surface area contributed by atoms with E-state index in [1.807, 2.05) is 0 Å². The van der Waals surface area contributed by atoms with E-state index in [-0.39, 0.29) is 6.10 Å². The molecule has 0 spiro atoms. The van der Waals surface area contributed by atoms with Crippen LogP contribution in [0.3, 0.4) is 0 Å². The maximum absolute atomic E-state index is 10.1. The smallest absolute Gasteiger partial charge is 0.0807 e. The number of rotatable bonds is 1. The molecule has 1 aromatic carbocycles. The number of benzene rings is 1. The van der Waals surface area contributed by atoms with Crippen molar-refractivity contribution in [1.82, 2.24) is 4.57 Å². The van der Waals surface area contributed by atoms with Crippen LogP contribution in [0.15, 0.2) is 30.3 Å². The van der Waals surface area contributed by atoms with Gasteiger partial charge in [0, 0.05) is 22.6 Å². The average molecular weight is 241 g/mol. The Hall–Kier alpha value is -1.54. The zero-order valence-corrected chi connectivity index (χ0v) is 11.0. The fraction of sp³-hybridized carbons (Fsp3) is 0.375. The summed E-state index contributed by atoms with van der Waals surface area (Å²) in [4.78, 5) is 0. The van der Waals surface area contributed by atoms with Crippen molar-refractivity contribution in [1.29, 1.82) is 0 Å². The van der Waals surface area contributed by atoms with E-state index in [0.29, 0.717) is 0 Å². The van der Waals surface area contributed by atoms with Gasteiger partial charge in [-0.1, -0.05) is 17.7 Å². The second-order valence-corrected chi connectivity index (χ2v) is 5.27. The van der Waals surface area contributed by atoms with Gasteiger partial charge in [-0.3, -0.25) is 0 Å². The van der Waals surface area contributed by atoms with Crippen molar-refractivity contribution in [2.45, 2.75) is 39.2 Å². The van der Waals surface area contributed by atoms with E-state index < -0.39 is 0 Å². The fourth-order valence-corrected chi connectivity index (χ4v) is 2.93. The molecule has 94 valence electrons. The van der Waals surface area contributed by atoms with Gasteiger partial charge in [-0.25, -0.2) is 0 Å². The van der Waals surface area contributed by atoms with Crippen LogP contribution in [0.2, 0.25) is 0 Å². The SMILES string of the molecule is Cc1ccc(-n2c(C)cc3c2CCCC3O)cc1. The van der Waals surface area contributed by atoms with E-state index in [1.165, 1.54) is 22.6 Å². The molecule has 0 saturated carbocycles. The number of aliphatic hydroxyl groups is 1. The van der Waals surface area contributed by atoms with Gasteiger partial charge in [0.15, 0.2) is 0 Å². The van der Waals surface area contributed by atoms with Gasteiger partial charge in [0.05, 0.1) is 6.10 Å².